The first kappa shape index (κ1) is 24.0. The van der Waals surface area contributed by atoms with Gasteiger partial charge in [-0.15, -0.1) is 0 Å². The van der Waals surface area contributed by atoms with Crippen LogP contribution in [0.4, 0.5) is 4.39 Å². The number of methoxy groups -OCH3 is 1. The first-order chi connectivity index (χ1) is 15.7. The number of nitrogens with zero attached hydrogens (tertiary/aromatic N) is 4. The van der Waals surface area contributed by atoms with Crippen LogP contribution in [0.15, 0.2) is 65.5 Å². The van der Waals surface area contributed by atoms with Crippen LogP contribution in [0.5, 0.6) is 0 Å². The lowest BCUT2D eigenvalue weighted by Crippen LogP contribution is -2.43. The molecule has 0 saturated heterocycles. The average molecular weight is 476 g/mol. The molecule has 2 N–H and O–H groups in total. The van der Waals surface area contributed by atoms with E-state index in [0.717, 1.165) is 5.56 Å². The number of ether oxygens (including phenoxy) is 1. The van der Waals surface area contributed by atoms with E-state index >= 15 is 0 Å². The molecule has 2 aromatic rings. The fraction of sp³-hybridized carbons (Fsp3) is 0.273. The molecule has 0 amide bonds. The minimum atomic E-state index is -1.17. The third kappa shape index (κ3) is 4.75. The fourth-order valence-electron chi connectivity index (χ4n) is 3.81. The largest absolute Gasteiger partial charge is 0.466 e. The Kier molecular flexibility index (Phi) is 7.17. The van der Waals surface area contributed by atoms with Gasteiger partial charge in [0.2, 0.25) is 0 Å². The second-order valence-electron chi connectivity index (χ2n) is 7.30. The van der Waals surface area contributed by atoms with Crippen LogP contribution < -0.4 is 5.73 Å². The van der Waals surface area contributed by atoms with E-state index in [1.165, 1.54) is 36.3 Å². The number of hydrogen-bond acceptors (Lipinski definition) is 8. The summed E-state index contributed by atoms with van der Waals surface area (Å²) in [5.41, 5.74) is 7.07. The van der Waals surface area contributed by atoms with Crippen molar-refractivity contribution in [1.82, 2.24) is 14.8 Å². The van der Waals surface area contributed by atoms with Crippen LogP contribution in [-0.2, 0) is 16.1 Å². The van der Waals surface area contributed by atoms with Crippen molar-refractivity contribution in [2.24, 2.45) is 5.73 Å². The van der Waals surface area contributed by atoms with E-state index in [4.69, 9.17) is 22.1 Å². The molecule has 2 heterocycles. The Morgan fingerprint density at radius 1 is 1.33 bits per heavy atom. The number of carbonyl (C=O) groups is 1. The zero-order chi connectivity index (χ0) is 24.3. The van der Waals surface area contributed by atoms with Gasteiger partial charge >= 0.3 is 5.97 Å². The maximum atomic E-state index is 13.6. The van der Waals surface area contributed by atoms with Crippen molar-refractivity contribution in [3.05, 3.63) is 97.7 Å². The number of rotatable bonds is 7. The zero-order valence-electron chi connectivity index (χ0n) is 18.3. The molecule has 0 saturated carbocycles. The molecule has 1 unspecified atom stereocenters. The Labute approximate surface area is 195 Å². The second kappa shape index (κ2) is 9.86. The van der Waals surface area contributed by atoms with Gasteiger partial charge in [0.25, 0.3) is 5.70 Å². The summed E-state index contributed by atoms with van der Waals surface area (Å²) >= 11 is 5.87. The molecular formula is C22H23ClFN5O4. The van der Waals surface area contributed by atoms with Gasteiger partial charge in [0.1, 0.15) is 22.7 Å². The molecule has 1 aromatic carbocycles. The molecule has 1 atom stereocenters. The van der Waals surface area contributed by atoms with Gasteiger partial charge in [-0.05, 0) is 36.2 Å². The van der Waals surface area contributed by atoms with Crippen molar-refractivity contribution in [2.45, 2.75) is 19.4 Å². The van der Waals surface area contributed by atoms with Crippen LogP contribution >= 0.6 is 11.6 Å². The van der Waals surface area contributed by atoms with Gasteiger partial charge in [0, 0.05) is 26.3 Å². The Morgan fingerprint density at radius 2 is 2.00 bits per heavy atom. The van der Waals surface area contributed by atoms with Crippen LogP contribution in [0.25, 0.3) is 0 Å². The van der Waals surface area contributed by atoms with Crippen LogP contribution in [0.3, 0.4) is 0 Å². The summed E-state index contributed by atoms with van der Waals surface area (Å²) in [5.74, 6) is -2.28. The molecule has 1 aliphatic rings. The van der Waals surface area contributed by atoms with E-state index in [1.54, 1.807) is 30.3 Å². The van der Waals surface area contributed by atoms with E-state index in [9.17, 15) is 19.3 Å². The van der Waals surface area contributed by atoms with Gasteiger partial charge in [-0.25, -0.2) is 14.2 Å². The Balaban J connectivity index is 2.23. The lowest BCUT2D eigenvalue weighted by atomic mass is 9.85. The Morgan fingerprint density at radius 3 is 2.52 bits per heavy atom. The van der Waals surface area contributed by atoms with Crippen molar-refractivity contribution in [2.75, 3.05) is 20.7 Å². The summed E-state index contributed by atoms with van der Waals surface area (Å²) in [6.07, 6.45) is 1.58. The minimum absolute atomic E-state index is 0.00413. The molecule has 0 spiro atoms. The average Bonchev–Trinajstić information content (AvgIpc) is 2.80. The molecule has 11 heteroatoms. The first-order valence-corrected chi connectivity index (χ1v) is 10.4. The molecule has 1 aromatic heterocycles. The molecule has 0 radical (unpaired) electrons. The van der Waals surface area contributed by atoms with E-state index < -0.39 is 22.6 Å². The molecule has 0 fully saturated rings. The fourth-order valence-corrected chi connectivity index (χ4v) is 3.92. The highest BCUT2D eigenvalue weighted by Gasteiger charge is 2.46. The van der Waals surface area contributed by atoms with Gasteiger partial charge in [-0.2, -0.15) is 0 Å². The molecule has 1 aliphatic heterocycles. The maximum absolute atomic E-state index is 13.6. The van der Waals surface area contributed by atoms with E-state index in [2.05, 4.69) is 4.98 Å². The first-order valence-electron chi connectivity index (χ1n) is 10.0. The number of benzene rings is 1. The van der Waals surface area contributed by atoms with Crippen molar-refractivity contribution >= 4 is 17.6 Å². The maximum Gasteiger partial charge on any atom is 0.338 e. The normalized spacial score (nSPS) is 16.2. The van der Waals surface area contributed by atoms with Gasteiger partial charge < -0.3 is 20.3 Å². The molecule has 0 bridgehead atoms. The smallest absolute Gasteiger partial charge is 0.338 e. The molecule has 174 valence electrons. The number of esters is 1. The van der Waals surface area contributed by atoms with E-state index in [-0.39, 0.29) is 29.5 Å². The van der Waals surface area contributed by atoms with Crippen LogP contribution in [-0.4, -0.2) is 46.4 Å². The summed E-state index contributed by atoms with van der Waals surface area (Å²) in [7, 11) is 2.71. The van der Waals surface area contributed by atoms with Gasteiger partial charge in [-0.3, -0.25) is 10.1 Å². The van der Waals surface area contributed by atoms with Crippen molar-refractivity contribution < 1.29 is 18.8 Å². The van der Waals surface area contributed by atoms with Gasteiger partial charge in [0.05, 0.1) is 17.6 Å². The molecule has 9 nitrogen and oxygen atoms in total. The van der Waals surface area contributed by atoms with Crippen molar-refractivity contribution in [3.63, 3.8) is 0 Å². The highest BCUT2D eigenvalue weighted by Crippen LogP contribution is 2.42. The van der Waals surface area contributed by atoms with Crippen LogP contribution in [0.1, 0.15) is 24.0 Å². The summed E-state index contributed by atoms with van der Waals surface area (Å²) in [4.78, 5) is 31.8. The highest BCUT2D eigenvalue weighted by molar-refractivity contribution is 6.29. The highest BCUT2D eigenvalue weighted by atomic mass is 35.5. The summed E-state index contributed by atoms with van der Waals surface area (Å²) < 4.78 is 18.5. The predicted octanol–water partition coefficient (Wildman–Crippen LogP) is 3.21. The molecule has 33 heavy (non-hydrogen) atoms. The summed E-state index contributed by atoms with van der Waals surface area (Å²) in [5, 5.41) is 12.7. The predicted molar refractivity (Wildman–Crippen MR) is 119 cm³/mol. The van der Waals surface area contributed by atoms with E-state index in [0.29, 0.717) is 17.3 Å². The van der Waals surface area contributed by atoms with Gasteiger partial charge in [-0.1, -0.05) is 29.8 Å². The molecule has 3 rings (SSSR count). The number of pyridine rings is 1. The number of allylic oxidation sites excluding steroid dienone is 1. The second-order valence-corrected chi connectivity index (χ2v) is 7.69. The topological polar surface area (TPSA) is 115 Å². The standard InChI is InChI=1S/C22H23ClFN5O4/c1-4-28(12-13-5-10-16(23)26-11-13)21-19(29(31)32)17(14-6-8-15(24)9-7-14)18(22(30)33-3)20(25)27(21)2/h5-11,17H,4,12,25H2,1-3H3. The lowest BCUT2D eigenvalue weighted by Gasteiger charge is -2.38. The molecule has 0 aliphatic carbocycles. The van der Waals surface area contributed by atoms with Crippen LogP contribution in [0.2, 0.25) is 5.15 Å². The third-order valence-corrected chi connectivity index (χ3v) is 5.62. The lowest BCUT2D eigenvalue weighted by molar-refractivity contribution is -0.433. The van der Waals surface area contributed by atoms with Crippen LogP contribution in [0, 0.1) is 15.9 Å². The van der Waals surface area contributed by atoms with E-state index in [1.807, 2.05) is 6.92 Å². The number of carbonyl (C=O) groups excluding carboxylic acids is 1. The number of halogens is 2. The SMILES string of the molecule is CCN(Cc1ccc(Cl)nc1)C1=C([N+](=O)[O-])C(c2ccc(F)cc2)C(C(=O)OC)=C(N)N1C. The number of hydrogen-bond donors (Lipinski definition) is 1. The number of nitro groups is 1. The zero-order valence-corrected chi connectivity index (χ0v) is 19.0. The minimum Gasteiger partial charge on any atom is -0.466 e. The third-order valence-electron chi connectivity index (χ3n) is 5.39. The molecular weight excluding hydrogens is 453 g/mol. The number of aromatic nitrogens is 1. The van der Waals surface area contributed by atoms with Gasteiger partial charge in [0.15, 0.2) is 5.82 Å². The van der Waals surface area contributed by atoms with Crippen molar-refractivity contribution in [3.8, 4) is 0 Å². The number of nitrogens with two attached hydrogens (primary N) is 1. The Bertz CT molecular complexity index is 1120. The summed E-state index contributed by atoms with van der Waals surface area (Å²) in [6.45, 7) is 2.50. The quantitative estimate of drug-likeness (QED) is 0.281. The monoisotopic (exact) mass is 475 g/mol. The summed E-state index contributed by atoms with van der Waals surface area (Å²) in [6, 6.07) is 8.52. The Hall–Kier alpha value is -3.66. The van der Waals surface area contributed by atoms with Crippen molar-refractivity contribution in [1.29, 1.82) is 0 Å².